The molecule has 0 spiro atoms. The minimum atomic E-state index is -0.137. The molecule has 2 unspecified atom stereocenters. The maximum atomic E-state index is 9.76. The van der Waals surface area contributed by atoms with E-state index in [4.69, 9.17) is 4.74 Å². The van der Waals surface area contributed by atoms with E-state index in [0.29, 0.717) is 18.2 Å². The van der Waals surface area contributed by atoms with Crippen LogP contribution in [0.15, 0.2) is 0 Å². The zero-order valence-electron chi connectivity index (χ0n) is 9.99. The zero-order chi connectivity index (χ0) is 11.1. The first-order valence-electron chi connectivity index (χ1n) is 6.02. The SMILES string of the molecule is COC1CC(N[C@H]2CCC[C@@H]2O)C1(C)C. The Balaban J connectivity index is 1.86. The Kier molecular flexibility index (Phi) is 3.06. The summed E-state index contributed by atoms with van der Waals surface area (Å²) in [5.41, 5.74) is 0.205. The van der Waals surface area contributed by atoms with Crippen LogP contribution in [0, 0.1) is 5.41 Å². The molecule has 88 valence electrons. The second-order valence-corrected chi connectivity index (χ2v) is 5.61. The fourth-order valence-electron chi connectivity index (χ4n) is 2.96. The average Bonchev–Trinajstić information content (AvgIpc) is 2.58. The molecule has 3 nitrogen and oxygen atoms in total. The van der Waals surface area contributed by atoms with E-state index in [0.717, 1.165) is 25.7 Å². The summed E-state index contributed by atoms with van der Waals surface area (Å²) < 4.78 is 5.42. The lowest BCUT2D eigenvalue weighted by atomic mass is 9.64. The van der Waals surface area contributed by atoms with Gasteiger partial charge in [-0.1, -0.05) is 13.8 Å². The van der Waals surface area contributed by atoms with E-state index in [1.165, 1.54) is 0 Å². The summed E-state index contributed by atoms with van der Waals surface area (Å²) in [6.45, 7) is 4.48. The Morgan fingerprint density at radius 1 is 1.33 bits per heavy atom. The molecule has 0 bridgehead atoms. The lowest BCUT2D eigenvalue weighted by molar-refractivity contribution is -0.103. The number of hydrogen-bond acceptors (Lipinski definition) is 3. The molecule has 2 N–H and O–H groups in total. The maximum Gasteiger partial charge on any atom is 0.0693 e. The van der Waals surface area contributed by atoms with Crippen molar-refractivity contribution in [3.8, 4) is 0 Å². The summed E-state index contributed by atoms with van der Waals surface area (Å²) in [7, 11) is 1.78. The predicted molar refractivity (Wildman–Crippen MR) is 59.8 cm³/mol. The van der Waals surface area contributed by atoms with Crippen LogP contribution in [0.25, 0.3) is 0 Å². The van der Waals surface area contributed by atoms with Crippen LogP contribution >= 0.6 is 0 Å². The lowest BCUT2D eigenvalue weighted by Gasteiger charge is -2.52. The third-order valence-electron chi connectivity index (χ3n) is 4.36. The van der Waals surface area contributed by atoms with Crippen LogP contribution in [-0.4, -0.2) is 36.5 Å². The van der Waals surface area contributed by atoms with Crippen LogP contribution in [0.3, 0.4) is 0 Å². The van der Waals surface area contributed by atoms with Gasteiger partial charge in [0.05, 0.1) is 12.2 Å². The highest BCUT2D eigenvalue weighted by atomic mass is 16.5. The first-order chi connectivity index (χ1) is 7.05. The highest BCUT2D eigenvalue weighted by Crippen LogP contribution is 2.43. The summed E-state index contributed by atoms with van der Waals surface area (Å²) in [6.07, 6.45) is 4.53. The molecular formula is C12H23NO2. The number of rotatable bonds is 3. The van der Waals surface area contributed by atoms with Crippen molar-refractivity contribution in [3.05, 3.63) is 0 Å². The molecule has 2 saturated carbocycles. The zero-order valence-corrected chi connectivity index (χ0v) is 9.99. The molecule has 2 fully saturated rings. The van der Waals surface area contributed by atoms with Crippen molar-refractivity contribution in [1.82, 2.24) is 5.32 Å². The quantitative estimate of drug-likeness (QED) is 0.742. The van der Waals surface area contributed by atoms with Gasteiger partial charge in [0.15, 0.2) is 0 Å². The van der Waals surface area contributed by atoms with Crippen LogP contribution in [0.5, 0.6) is 0 Å². The van der Waals surface area contributed by atoms with Crippen LogP contribution < -0.4 is 5.32 Å². The molecule has 0 aromatic heterocycles. The Labute approximate surface area is 92.2 Å². The second kappa shape index (κ2) is 4.04. The summed E-state index contributed by atoms with van der Waals surface area (Å²) in [4.78, 5) is 0. The van der Waals surface area contributed by atoms with E-state index in [9.17, 15) is 5.11 Å². The monoisotopic (exact) mass is 213 g/mol. The second-order valence-electron chi connectivity index (χ2n) is 5.61. The lowest BCUT2D eigenvalue weighted by Crippen LogP contribution is -2.63. The molecule has 2 aliphatic carbocycles. The number of nitrogens with one attached hydrogen (secondary N) is 1. The largest absolute Gasteiger partial charge is 0.392 e. The molecule has 0 aliphatic heterocycles. The molecule has 2 rings (SSSR count). The predicted octanol–water partition coefficient (Wildman–Crippen LogP) is 1.30. The van der Waals surface area contributed by atoms with Gasteiger partial charge in [0, 0.05) is 24.6 Å². The van der Waals surface area contributed by atoms with E-state index >= 15 is 0 Å². The van der Waals surface area contributed by atoms with Crippen molar-refractivity contribution in [3.63, 3.8) is 0 Å². The molecule has 4 atom stereocenters. The van der Waals surface area contributed by atoms with Gasteiger partial charge in [-0.3, -0.25) is 0 Å². The van der Waals surface area contributed by atoms with Crippen molar-refractivity contribution in [2.75, 3.05) is 7.11 Å². The van der Waals surface area contributed by atoms with Crippen LogP contribution in [0.2, 0.25) is 0 Å². The van der Waals surface area contributed by atoms with E-state index in [2.05, 4.69) is 19.2 Å². The highest BCUT2D eigenvalue weighted by Gasteiger charge is 2.49. The summed E-state index contributed by atoms with van der Waals surface area (Å²) in [5.74, 6) is 0. The smallest absolute Gasteiger partial charge is 0.0693 e. The van der Waals surface area contributed by atoms with Crippen molar-refractivity contribution >= 4 is 0 Å². The molecule has 0 amide bonds. The Morgan fingerprint density at radius 3 is 2.53 bits per heavy atom. The van der Waals surface area contributed by atoms with Gasteiger partial charge in [-0.15, -0.1) is 0 Å². The number of hydrogen-bond donors (Lipinski definition) is 2. The summed E-state index contributed by atoms with van der Waals surface area (Å²) in [5, 5.41) is 13.3. The van der Waals surface area contributed by atoms with E-state index in [1.54, 1.807) is 7.11 Å². The maximum absolute atomic E-state index is 9.76. The molecule has 0 heterocycles. The summed E-state index contributed by atoms with van der Waals surface area (Å²) >= 11 is 0. The number of aliphatic hydroxyl groups excluding tert-OH is 1. The third kappa shape index (κ3) is 1.93. The van der Waals surface area contributed by atoms with Gasteiger partial charge in [-0.2, -0.15) is 0 Å². The molecule has 0 aromatic carbocycles. The van der Waals surface area contributed by atoms with Crippen LogP contribution in [0.1, 0.15) is 39.5 Å². The Morgan fingerprint density at radius 2 is 2.07 bits per heavy atom. The van der Waals surface area contributed by atoms with Crippen molar-refractivity contribution in [2.24, 2.45) is 5.41 Å². The van der Waals surface area contributed by atoms with Gasteiger partial charge in [0.2, 0.25) is 0 Å². The topological polar surface area (TPSA) is 41.5 Å². The van der Waals surface area contributed by atoms with Gasteiger partial charge in [0.25, 0.3) is 0 Å². The number of ether oxygens (including phenoxy) is 1. The molecule has 0 radical (unpaired) electrons. The molecule has 2 aliphatic rings. The van der Waals surface area contributed by atoms with Crippen molar-refractivity contribution in [1.29, 1.82) is 0 Å². The fourth-order valence-corrected chi connectivity index (χ4v) is 2.96. The van der Waals surface area contributed by atoms with Crippen LogP contribution in [-0.2, 0) is 4.74 Å². The van der Waals surface area contributed by atoms with Crippen molar-refractivity contribution in [2.45, 2.75) is 63.8 Å². The fraction of sp³-hybridized carbons (Fsp3) is 1.00. The summed E-state index contributed by atoms with van der Waals surface area (Å²) in [6, 6.07) is 0.812. The first-order valence-corrected chi connectivity index (χ1v) is 6.02. The van der Waals surface area contributed by atoms with Crippen molar-refractivity contribution < 1.29 is 9.84 Å². The molecule has 3 heteroatoms. The van der Waals surface area contributed by atoms with E-state index in [1.807, 2.05) is 0 Å². The minimum Gasteiger partial charge on any atom is -0.392 e. The van der Waals surface area contributed by atoms with E-state index in [-0.39, 0.29) is 11.5 Å². The van der Waals surface area contributed by atoms with Gasteiger partial charge >= 0.3 is 0 Å². The van der Waals surface area contributed by atoms with Gasteiger partial charge in [-0.25, -0.2) is 0 Å². The van der Waals surface area contributed by atoms with Crippen LogP contribution in [0.4, 0.5) is 0 Å². The number of methoxy groups -OCH3 is 1. The van der Waals surface area contributed by atoms with Gasteiger partial charge in [-0.05, 0) is 25.7 Å². The minimum absolute atomic E-state index is 0.137. The molecular weight excluding hydrogens is 190 g/mol. The molecule has 15 heavy (non-hydrogen) atoms. The Bertz CT molecular complexity index is 230. The average molecular weight is 213 g/mol. The normalized spacial score (nSPS) is 44.0. The first kappa shape index (κ1) is 11.4. The van der Waals surface area contributed by atoms with Gasteiger partial charge in [0.1, 0.15) is 0 Å². The van der Waals surface area contributed by atoms with E-state index < -0.39 is 0 Å². The number of aliphatic hydroxyl groups is 1. The van der Waals surface area contributed by atoms with Gasteiger partial charge < -0.3 is 15.2 Å². The highest BCUT2D eigenvalue weighted by molar-refractivity contribution is 5.04. The third-order valence-corrected chi connectivity index (χ3v) is 4.36. The standard InChI is InChI=1S/C12H23NO2/c1-12(2)10(7-11(12)15-3)13-8-5-4-6-9(8)14/h8-11,13-14H,4-7H2,1-3H3/t8-,9-,10?,11?/m0/s1. The molecule has 0 aromatic rings. The Hall–Kier alpha value is -0.120. The molecule has 0 saturated heterocycles.